The van der Waals surface area contributed by atoms with Crippen LogP contribution in [0.1, 0.15) is 67.7 Å². The van der Waals surface area contributed by atoms with Crippen molar-refractivity contribution in [3.05, 3.63) is 28.5 Å². The molecule has 0 spiro atoms. The predicted octanol–water partition coefficient (Wildman–Crippen LogP) is 4.93. The lowest BCUT2D eigenvalue weighted by Crippen LogP contribution is -2.25. The number of nitrogens with one attached hydrogen (secondary N) is 1. The first-order valence-electron chi connectivity index (χ1n) is 10.8. The van der Waals surface area contributed by atoms with E-state index in [1.54, 1.807) is 23.9 Å². The Morgan fingerprint density at radius 2 is 2.10 bits per heavy atom. The van der Waals surface area contributed by atoms with E-state index in [0.29, 0.717) is 41.3 Å². The number of halogens is 1. The van der Waals surface area contributed by atoms with Crippen LogP contribution in [0.2, 0.25) is 5.02 Å². The van der Waals surface area contributed by atoms with Crippen molar-refractivity contribution in [3.8, 4) is 11.5 Å². The highest BCUT2D eigenvalue weighted by molar-refractivity contribution is 7.98. The van der Waals surface area contributed by atoms with Gasteiger partial charge in [0.2, 0.25) is 0 Å². The molecule has 2 aromatic rings. The second-order valence-electron chi connectivity index (χ2n) is 7.61. The minimum Gasteiger partial charge on any atom is -0.493 e. The summed E-state index contributed by atoms with van der Waals surface area (Å²) in [4.78, 5) is 12.6. The minimum atomic E-state index is -0.190. The molecule has 0 saturated heterocycles. The first-order chi connectivity index (χ1) is 15.1. The van der Waals surface area contributed by atoms with Crippen molar-refractivity contribution in [2.24, 2.45) is 0 Å². The molecular weight excluding hydrogens is 436 g/mol. The second-order valence-corrected chi connectivity index (χ2v) is 8.79. The largest absolute Gasteiger partial charge is 0.493 e. The predicted molar refractivity (Wildman–Crippen MR) is 124 cm³/mol. The number of thioether (sulfide) groups is 1. The average Bonchev–Trinajstić information content (AvgIpc) is 3.44. The highest BCUT2D eigenvalue weighted by atomic mass is 35.5. The summed E-state index contributed by atoms with van der Waals surface area (Å²) >= 11 is 7.97. The number of ether oxygens (including phenoxy) is 2. The summed E-state index contributed by atoms with van der Waals surface area (Å²) < 4.78 is 13.3. The fraction of sp³-hybridized carbons (Fsp3) is 0.591. The molecule has 1 aliphatic rings. The maximum atomic E-state index is 12.6. The molecule has 0 atom stereocenters. The molecule has 1 N–H and O–H groups in total. The first-order valence-corrected chi connectivity index (χ1v) is 12.5. The van der Waals surface area contributed by atoms with Gasteiger partial charge in [0.05, 0.1) is 18.7 Å². The number of carbonyl (C=O) groups excluding carboxylic acids is 1. The molecule has 1 saturated carbocycles. The number of amides is 1. The number of hydrogen-bond donors (Lipinski definition) is 1. The Hall–Kier alpha value is -1.93. The standard InChI is InChI=1S/C22H31ClN4O3S/c1-4-12-30-20-17(23)13-15(14-18(20)29-2)21(28)24-11-7-10-19-25-26-22(31-3)27(19)16-8-5-6-9-16/h13-14,16H,4-12H2,1-3H3,(H,24,28). The van der Waals surface area contributed by atoms with Gasteiger partial charge in [-0.25, -0.2) is 0 Å². The molecule has 1 amide bonds. The quantitative estimate of drug-likeness (QED) is 0.373. The van der Waals surface area contributed by atoms with Crippen molar-refractivity contribution in [2.45, 2.75) is 63.1 Å². The van der Waals surface area contributed by atoms with Gasteiger partial charge in [0.25, 0.3) is 5.91 Å². The summed E-state index contributed by atoms with van der Waals surface area (Å²) in [7, 11) is 1.54. The van der Waals surface area contributed by atoms with E-state index >= 15 is 0 Å². The van der Waals surface area contributed by atoms with Crippen LogP contribution < -0.4 is 14.8 Å². The van der Waals surface area contributed by atoms with Crippen LogP contribution in [0.25, 0.3) is 0 Å². The van der Waals surface area contributed by atoms with Crippen molar-refractivity contribution < 1.29 is 14.3 Å². The number of hydrogen-bond acceptors (Lipinski definition) is 6. The Bertz CT molecular complexity index is 884. The summed E-state index contributed by atoms with van der Waals surface area (Å²) in [5.74, 6) is 1.75. The maximum Gasteiger partial charge on any atom is 0.251 e. The lowest BCUT2D eigenvalue weighted by molar-refractivity contribution is 0.0952. The van der Waals surface area contributed by atoms with E-state index in [-0.39, 0.29) is 5.91 Å². The molecule has 1 aromatic carbocycles. The number of nitrogens with zero attached hydrogens (tertiary/aromatic N) is 3. The van der Waals surface area contributed by atoms with Gasteiger partial charge in [-0.05, 0) is 44.1 Å². The van der Waals surface area contributed by atoms with Crippen LogP contribution >= 0.6 is 23.4 Å². The van der Waals surface area contributed by atoms with Gasteiger partial charge in [0.15, 0.2) is 16.7 Å². The highest BCUT2D eigenvalue weighted by Crippen LogP contribution is 2.36. The third-order valence-electron chi connectivity index (χ3n) is 5.41. The summed E-state index contributed by atoms with van der Waals surface area (Å²) in [6, 6.07) is 3.78. The Balaban J connectivity index is 1.57. The van der Waals surface area contributed by atoms with E-state index in [1.165, 1.54) is 32.8 Å². The van der Waals surface area contributed by atoms with Crippen molar-refractivity contribution in [1.29, 1.82) is 0 Å². The summed E-state index contributed by atoms with van der Waals surface area (Å²) in [5.41, 5.74) is 0.449. The molecule has 7 nitrogen and oxygen atoms in total. The van der Waals surface area contributed by atoms with Crippen LogP contribution in [0.3, 0.4) is 0 Å². The third-order valence-corrected chi connectivity index (χ3v) is 6.34. The minimum absolute atomic E-state index is 0.190. The number of aromatic nitrogens is 3. The molecule has 9 heteroatoms. The molecule has 170 valence electrons. The van der Waals surface area contributed by atoms with Crippen LogP contribution in [-0.2, 0) is 6.42 Å². The smallest absolute Gasteiger partial charge is 0.251 e. The first kappa shape index (κ1) is 23.7. The average molecular weight is 467 g/mol. The van der Waals surface area contributed by atoms with Gasteiger partial charge in [-0.2, -0.15) is 0 Å². The van der Waals surface area contributed by atoms with Crippen molar-refractivity contribution >= 4 is 29.3 Å². The van der Waals surface area contributed by atoms with Gasteiger partial charge < -0.3 is 19.4 Å². The molecule has 3 rings (SSSR count). The topological polar surface area (TPSA) is 78.3 Å². The van der Waals surface area contributed by atoms with Gasteiger partial charge in [-0.3, -0.25) is 4.79 Å². The molecule has 0 aliphatic heterocycles. The van der Waals surface area contributed by atoms with Crippen molar-refractivity contribution in [1.82, 2.24) is 20.1 Å². The van der Waals surface area contributed by atoms with Crippen LogP contribution in [0.15, 0.2) is 17.3 Å². The maximum absolute atomic E-state index is 12.6. The lowest BCUT2D eigenvalue weighted by atomic mass is 10.1. The molecule has 1 aromatic heterocycles. The number of carbonyl (C=O) groups is 1. The van der Waals surface area contributed by atoms with Crippen molar-refractivity contribution in [2.75, 3.05) is 26.5 Å². The Kier molecular flexibility index (Phi) is 8.90. The fourth-order valence-corrected chi connectivity index (χ4v) is 4.73. The third kappa shape index (κ3) is 5.86. The molecular formula is C22H31ClN4O3S. The molecule has 1 heterocycles. The summed E-state index contributed by atoms with van der Waals surface area (Å²) in [6.07, 6.45) is 9.37. The monoisotopic (exact) mass is 466 g/mol. The van der Waals surface area contributed by atoms with Crippen LogP contribution in [0, 0.1) is 0 Å². The van der Waals surface area contributed by atoms with Crippen LogP contribution in [0.4, 0.5) is 0 Å². The van der Waals surface area contributed by atoms with E-state index < -0.39 is 0 Å². The zero-order chi connectivity index (χ0) is 22.2. The van der Waals surface area contributed by atoms with E-state index in [2.05, 4.69) is 20.1 Å². The van der Waals surface area contributed by atoms with E-state index in [1.807, 2.05) is 13.2 Å². The van der Waals surface area contributed by atoms with Gasteiger partial charge in [0.1, 0.15) is 5.82 Å². The van der Waals surface area contributed by atoms with Gasteiger partial charge in [-0.15, -0.1) is 10.2 Å². The van der Waals surface area contributed by atoms with Gasteiger partial charge in [-0.1, -0.05) is 43.1 Å². The van der Waals surface area contributed by atoms with Crippen LogP contribution in [0.5, 0.6) is 11.5 Å². The Morgan fingerprint density at radius 3 is 2.77 bits per heavy atom. The number of methoxy groups -OCH3 is 1. The SMILES string of the molecule is CCCOc1c(Cl)cc(C(=O)NCCCc2nnc(SC)n2C2CCCC2)cc1OC. The molecule has 0 bridgehead atoms. The zero-order valence-corrected chi connectivity index (χ0v) is 20.0. The van der Waals surface area contributed by atoms with E-state index in [9.17, 15) is 4.79 Å². The van der Waals surface area contributed by atoms with Gasteiger partial charge >= 0.3 is 0 Å². The molecule has 0 unspecified atom stereocenters. The number of benzene rings is 1. The molecule has 1 aliphatic carbocycles. The van der Waals surface area contributed by atoms with E-state index in [0.717, 1.165) is 30.2 Å². The normalized spacial score (nSPS) is 14.1. The molecule has 31 heavy (non-hydrogen) atoms. The Morgan fingerprint density at radius 1 is 1.32 bits per heavy atom. The summed E-state index contributed by atoms with van der Waals surface area (Å²) in [6.45, 7) is 3.09. The number of aryl methyl sites for hydroxylation is 1. The molecule has 0 radical (unpaired) electrons. The second kappa shape index (κ2) is 11.6. The van der Waals surface area contributed by atoms with Crippen LogP contribution in [-0.4, -0.2) is 47.2 Å². The van der Waals surface area contributed by atoms with Gasteiger partial charge in [0, 0.05) is 24.6 Å². The lowest BCUT2D eigenvalue weighted by Gasteiger charge is -2.16. The summed E-state index contributed by atoms with van der Waals surface area (Å²) in [5, 5.41) is 13.1. The number of rotatable bonds is 11. The van der Waals surface area contributed by atoms with E-state index in [4.69, 9.17) is 21.1 Å². The Labute approximate surface area is 193 Å². The molecule has 1 fully saturated rings. The van der Waals surface area contributed by atoms with Crippen molar-refractivity contribution in [3.63, 3.8) is 0 Å². The highest BCUT2D eigenvalue weighted by Gasteiger charge is 2.23. The zero-order valence-electron chi connectivity index (χ0n) is 18.4. The fourth-order valence-electron chi connectivity index (χ4n) is 3.89.